The number of carbonyl (C=O) groups excluding carboxylic acids is 4. The summed E-state index contributed by atoms with van der Waals surface area (Å²) in [7, 11) is -2.78. The molecule has 1 unspecified atom stereocenters. The van der Waals surface area contributed by atoms with Crippen LogP contribution in [0.3, 0.4) is 0 Å². The lowest BCUT2D eigenvalue weighted by Crippen LogP contribution is -2.53. The van der Waals surface area contributed by atoms with Crippen LogP contribution in [0.15, 0.2) is 41.4 Å². The highest BCUT2D eigenvalue weighted by molar-refractivity contribution is 6.77. The van der Waals surface area contributed by atoms with Crippen molar-refractivity contribution >= 4 is 38.1 Å². The van der Waals surface area contributed by atoms with Crippen LogP contribution < -0.4 is 9.47 Å². The number of esters is 4. The zero-order valence-electron chi connectivity index (χ0n) is 20.8. The van der Waals surface area contributed by atoms with E-state index in [-0.39, 0.29) is 45.1 Å². The lowest BCUT2D eigenvalue weighted by Gasteiger charge is -2.46. The first-order chi connectivity index (χ1) is 16.9. The number of rotatable bonds is 5. The number of hydrogen-bond acceptors (Lipinski definition) is 10. The van der Waals surface area contributed by atoms with Crippen LogP contribution in [0.1, 0.15) is 52.7 Å². The highest BCUT2D eigenvalue weighted by Crippen LogP contribution is 2.52. The third-order valence-electron chi connectivity index (χ3n) is 6.51. The van der Waals surface area contributed by atoms with Crippen LogP contribution in [0.5, 0.6) is 11.5 Å². The summed E-state index contributed by atoms with van der Waals surface area (Å²) in [5.74, 6) is -6.06. The van der Waals surface area contributed by atoms with E-state index in [0.29, 0.717) is 0 Å². The van der Waals surface area contributed by atoms with Crippen LogP contribution in [0.4, 0.5) is 0 Å². The topological polar surface area (TPSA) is 127 Å². The Kier molecular flexibility index (Phi) is 6.48. The molecule has 1 aromatic rings. The maximum Gasteiger partial charge on any atom is 0.338 e. The molecule has 190 valence electrons. The van der Waals surface area contributed by atoms with Crippen molar-refractivity contribution in [1.82, 2.24) is 0 Å². The minimum atomic E-state index is -2.78. The van der Waals surface area contributed by atoms with E-state index < -0.39 is 38.1 Å². The molecule has 0 N–H and O–H groups in total. The first-order valence-corrected chi connectivity index (χ1v) is 13.8. The van der Waals surface area contributed by atoms with E-state index in [4.69, 9.17) is 23.4 Å². The van der Waals surface area contributed by atoms with Gasteiger partial charge in [-0.05, 0) is 28.8 Å². The van der Waals surface area contributed by atoms with Gasteiger partial charge < -0.3 is 23.4 Å². The Morgan fingerprint density at radius 1 is 0.750 bits per heavy atom. The van der Waals surface area contributed by atoms with Gasteiger partial charge in [0.15, 0.2) is 11.5 Å². The summed E-state index contributed by atoms with van der Waals surface area (Å²) >= 11 is 0. The Morgan fingerprint density at radius 2 is 1.28 bits per heavy atom. The van der Waals surface area contributed by atoms with Gasteiger partial charge in [0.1, 0.15) is 0 Å². The van der Waals surface area contributed by atoms with Crippen LogP contribution >= 0.6 is 0 Å². The van der Waals surface area contributed by atoms with Crippen molar-refractivity contribution in [2.24, 2.45) is 4.99 Å². The second-order valence-corrected chi connectivity index (χ2v) is 15.0. The monoisotopic (exact) mass is 513 g/mol. The van der Waals surface area contributed by atoms with Gasteiger partial charge in [-0.25, -0.2) is 19.2 Å². The third-order valence-corrected chi connectivity index (χ3v) is 12.6. The van der Waals surface area contributed by atoms with E-state index >= 15 is 0 Å². The summed E-state index contributed by atoms with van der Waals surface area (Å²) in [5.41, 5.74) is 0.422. The van der Waals surface area contributed by atoms with Gasteiger partial charge in [-0.2, -0.15) is 4.99 Å². The number of hydrogen-bond donors (Lipinski definition) is 0. The molecule has 3 aliphatic heterocycles. The summed E-state index contributed by atoms with van der Waals surface area (Å²) in [6.07, 6.45) is 3.68. The molecule has 0 saturated carbocycles. The Labute approximate surface area is 209 Å². The van der Waals surface area contributed by atoms with Gasteiger partial charge in [-0.15, -0.1) is 0 Å². The molecule has 0 aliphatic carbocycles. The van der Waals surface area contributed by atoms with Crippen molar-refractivity contribution in [3.8, 4) is 11.5 Å². The molecule has 11 heteroatoms. The molecule has 36 heavy (non-hydrogen) atoms. The Balaban J connectivity index is 2.01. The lowest BCUT2D eigenvalue weighted by molar-refractivity contribution is -0.198. The molecular weight excluding hydrogens is 486 g/mol. The zero-order chi connectivity index (χ0) is 26.4. The molecule has 0 spiro atoms. The Bertz CT molecular complexity index is 1220. The predicted molar refractivity (Wildman–Crippen MR) is 129 cm³/mol. The lowest BCUT2D eigenvalue weighted by atomic mass is 10.0. The van der Waals surface area contributed by atoms with Gasteiger partial charge in [-0.1, -0.05) is 41.5 Å². The van der Waals surface area contributed by atoms with Crippen LogP contribution in [-0.4, -0.2) is 38.1 Å². The van der Waals surface area contributed by atoms with E-state index in [0.717, 1.165) is 24.3 Å². The minimum Gasteiger partial charge on any atom is -0.419 e. The molecule has 1 aromatic carbocycles. The molecule has 4 rings (SSSR count). The van der Waals surface area contributed by atoms with Crippen molar-refractivity contribution < 1.29 is 42.6 Å². The van der Waals surface area contributed by atoms with E-state index in [9.17, 15) is 19.2 Å². The molecule has 3 aliphatic rings. The number of aliphatic imine (C=N–C) groups is 1. The molecule has 0 fully saturated rings. The van der Waals surface area contributed by atoms with Crippen molar-refractivity contribution in [2.45, 2.75) is 64.1 Å². The molecule has 10 nitrogen and oxygen atoms in total. The van der Waals surface area contributed by atoms with Gasteiger partial charge >= 0.3 is 29.8 Å². The van der Waals surface area contributed by atoms with Gasteiger partial charge in [0.25, 0.3) is 0 Å². The standard InChI is InChI=1S/C25H27NO9Si/c1-13(2)36(14(3)4,15(5)6)35-25-16-7-8-17-23(32-19(28)10-9-18(27)31-17)22(16)24(26-25)33-20(29)11-12-21(30)34-25/h7-15H,1-6H3/b10-9+,12-11+. The zero-order valence-corrected chi connectivity index (χ0v) is 21.8. The number of ether oxygens (including phenoxy) is 4. The molecule has 0 radical (unpaired) electrons. The fourth-order valence-electron chi connectivity index (χ4n) is 5.16. The summed E-state index contributed by atoms with van der Waals surface area (Å²) in [6, 6.07) is 2.87. The minimum absolute atomic E-state index is 0.0135. The molecule has 2 bridgehead atoms. The maximum absolute atomic E-state index is 12.8. The molecule has 3 heterocycles. The predicted octanol–water partition coefficient (Wildman–Crippen LogP) is 3.79. The highest BCUT2D eigenvalue weighted by atomic mass is 28.4. The molecular formula is C25H27NO9Si. The quantitative estimate of drug-likeness (QED) is 0.328. The summed E-state index contributed by atoms with van der Waals surface area (Å²) in [5, 5.41) is 0. The van der Waals surface area contributed by atoms with Gasteiger partial charge in [0, 0.05) is 24.3 Å². The van der Waals surface area contributed by atoms with Crippen LogP contribution in [0, 0.1) is 0 Å². The van der Waals surface area contributed by atoms with E-state index in [2.05, 4.69) is 4.99 Å². The second kappa shape index (κ2) is 9.14. The van der Waals surface area contributed by atoms with Crippen LogP contribution in [0.2, 0.25) is 16.6 Å². The molecule has 1 atom stereocenters. The van der Waals surface area contributed by atoms with E-state index in [1.165, 1.54) is 12.1 Å². The summed E-state index contributed by atoms with van der Waals surface area (Å²) < 4.78 is 28.9. The molecule has 0 aromatic heterocycles. The number of benzene rings is 1. The van der Waals surface area contributed by atoms with Crippen molar-refractivity contribution in [3.63, 3.8) is 0 Å². The summed E-state index contributed by atoms with van der Waals surface area (Å²) in [6.45, 7) is 12.3. The number of nitrogens with zero attached hydrogens (tertiary/aromatic N) is 1. The highest BCUT2D eigenvalue weighted by Gasteiger charge is 2.57. The third kappa shape index (κ3) is 4.18. The first kappa shape index (κ1) is 25.5. The average Bonchev–Trinajstić information content (AvgIpc) is 3.09. The van der Waals surface area contributed by atoms with Gasteiger partial charge in [0.05, 0.1) is 11.1 Å². The largest absolute Gasteiger partial charge is 0.419 e. The fraction of sp³-hybridized carbons (Fsp3) is 0.400. The van der Waals surface area contributed by atoms with Crippen LogP contribution in [0.25, 0.3) is 0 Å². The Hall–Kier alpha value is -3.57. The number of fused-ring (bicyclic) bond motifs is 6. The number of carbonyl (C=O) groups is 4. The average molecular weight is 514 g/mol. The maximum atomic E-state index is 12.8. The Morgan fingerprint density at radius 3 is 1.86 bits per heavy atom. The van der Waals surface area contributed by atoms with Gasteiger partial charge in [-0.3, -0.25) is 0 Å². The summed E-state index contributed by atoms with van der Waals surface area (Å²) in [4.78, 5) is 54.1. The van der Waals surface area contributed by atoms with Crippen molar-refractivity contribution in [2.75, 3.05) is 0 Å². The first-order valence-electron chi connectivity index (χ1n) is 11.6. The van der Waals surface area contributed by atoms with Crippen molar-refractivity contribution in [1.29, 1.82) is 0 Å². The smallest absolute Gasteiger partial charge is 0.338 e. The van der Waals surface area contributed by atoms with Crippen LogP contribution in [-0.2, 0) is 39.0 Å². The van der Waals surface area contributed by atoms with Gasteiger partial charge in [0.2, 0.25) is 14.2 Å². The fourth-order valence-corrected chi connectivity index (χ4v) is 10.5. The van der Waals surface area contributed by atoms with E-state index in [1.807, 2.05) is 41.5 Å². The van der Waals surface area contributed by atoms with Crippen molar-refractivity contribution in [3.05, 3.63) is 47.6 Å². The normalized spacial score (nSPS) is 23.2. The second-order valence-electron chi connectivity index (χ2n) is 9.58. The molecule has 0 amide bonds. The van der Waals surface area contributed by atoms with E-state index in [1.54, 1.807) is 0 Å². The SMILES string of the molecule is CC(C)[Si](OC12N=C(OC(=O)/C=C/C(=O)O1)c1c2ccc2c1OC(=O)/C=C/C(=O)O2)(C(C)C)C(C)C. The molecule has 0 saturated heterocycles.